The van der Waals surface area contributed by atoms with Crippen molar-refractivity contribution >= 4 is 42.5 Å². The Morgan fingerprint density at radius 3 is 1.82 bits per heavy atom. The Morgan fingerprint density at radius 2 is 1.32 bits per heavy atom. The Bertz CT molecular complexity index is 2640. The van der Waals surface area contributed by atoms with Gasteiger partial charge in [0.15, 0.2) is 5.78 Å². The highest BCUT2D eigenvalue weighted by Crippen LogP contribution is 2.67. The molecule has 0 unspecified atom stereocenters. The molecular weight excluding hydrogens is 927 g/mol. The number of ether oxygens (including phenoxy) is 4. The maximum Gasteiger partial charge on any atom is 0.408 e. The van der Waals surface area contributed by atoms with Gasteiger partial charge >= 0.3 is 18.0 Å². The molecule has 13 heteroatoms. The number of carbonyl (C=O) groups excluding carboxylic acids is 4. The molecule has 4 aromatic rings. The Balaban J connectivity index is 1.30. The number of benzene rings is 4. The zero-order chi connectivity index (χ0) is 52.4. The van der Waals surface area contributed by atoms with E-state index in [4.69, 9.17) is 23.4 Å². The number of hydrogen-bond donors (Lipinski definition) is 3. The van der Waals surface area contributed by atoms with Crippen LogP contribution < -0.4 is 15.7 Å². The van der Waals surface area contributed by atoms with E-state index < -0.39 is 113 Å². The Morgan fingerprint density at radius 1 is 0.792 bits per heavy atom. The van der Waals surface area contributed by atoms with Crippen LogP contribution in [0.4, 0.5) is 4.79 Å². The van der Waals surface area contributed by atoms with E-state index in [0.29, 0.717) is 11.1 Å². The van der Waals surface area contributed by atoms with E-state index in [1.54, 1.807) is 103 Å². The standard InChI is InChI=1S/C59H73NO11Si/c1-36-42(68-51(63)37(2)46(38-25-17-13-18-26-38)60-53(65)70-54(3,4)5)34-59(66)50(69-52(64)39-27-19-14-20-28-39)48-57(11)35-67-43(57)33-44(58(48,12)49(62)47(61)45(36)56(59,9)10)71-72(55(6,7)8,40-29-21-15-22-30-40)41-31-23-16-24-32-41/h13-32,37,42-44,46-48,50,61,66H,33-35H2,1-12H3,(H,60,65)/t37-,42+,43-,44+,46-,47-,48-,50+,57-,58-,59-/m1/s1. The molecule has 8 rings (SSSR count). The number of carbonyl (C=O) groups is 4. The van der Waals surface area contributed by atoms with Crippen molar-refractivity contribution in [3.8, 4) is 0 Å². The van der Waals surface area contributed by atoms with Crippen LogP contribution >= 0.6 is 0 Å². The molecule has 0 spiro atoms. The molecule has 11 atom stereocenters. The summed E-state index contributed by atoms with van der Waals surface area (Å²) in [5.74, 6) is -4.01. The smallest absolute Gasteiger partial charge is 0.408 e. The second-order valence-electron chi connectivity index (χ2n) is 23.6. The topological polar surface area (TPSA) is 167 Å². The van der Waals surface area contributed by atoms with Crippen molar-refractivity contribution in [3.05, 3.63) is 144 Å². The third kappa shape index (κ3) is 8.86. The van der Waals surface area contributed by atoms with Gasteiger partial charge in [-0.15, -0.1) is 0 Å². The summed E-state index contributed by atoms with van der Waals surface area (Å²) in [6.45, 7) is 22.6. The lowest BCUT2D eigenvalue weighted by atomic mass is 9.42. The predicted octanol–water partition coefficient (Wildman–Crippen LogP) is 8.82. The Hall–Kier alpha value is -5.44. The number of esters is 2. The van der Waals surface area contributed by atoms with Crippen molar-refractivity contribution < 1.29 is 52.8 Å². The van der Waals surface area contributed by atoms with Crippen molar-refractivity contribution in [1.29, 1.82) is 0 Å². The monoisotopic (exact) mass is 999 g/mol. The van der Waals surface area contributed by atoms with Gasteiger partial charge in [0, 0.05) is 29.6 Å². The zero-order valence-electron chi connectivity index (χ0n) is 43.9. The highest BCUT2D eigenvalue weighted by atomic mass is 28.4. The fraction of sp³-hybridized carbons (Fsp3) is 0.492. The van der Waals surface area contributed by atoms with Crippen molar-refractivity contribution in [3.63, 3.8) is 0 Å². The second-order valence-corrected chi connectivity index (χ2v) is 27.9. The first kappa shape index (κ1) is 52.9. The quantitative estimate of drug-likeness (QED) is 0.0569. The summed E-state index contributed by atoms with van der Waals surface area (Å²) in [7, 11) is -3.45. The lowest BCUT2D eigenvalue weighted by molar-refractivity contribution is -0.312. The van der Waals surface area contributed by atoms with Crippen LogP contribution in [0, 0.1) is 28.1 Å². The summed E-state index contributed by atoms with van der Waals surface area (Å²) < 4.78 is 33.4. The summed E-state index contributed by atoms with van der Waals surface area (Å²) in [4.78, 5) is 59.2. The first-order valence-corrected chi connectivity index (χ1v) is 27.2. The fourth-order valence-corrected chi connectivity index (χ4v) is 17.6. The third-order valence-electron chi connectivity index (χ3n) is 16.7. The number of ketones is 1. The number of alkyl carbamates (subject to hydrolysis) is 1. The van der Waals surface area contributed by atoms with Gasteiger partial charge in [0.05, 0.1) is 41.8 Å². The molecule has 2 bridgehead atoms. The Labute approximate surface area is 426 Å². The highest BCUT2D eigenvalue weighted by molar-refractivity contribution is 6.99. The molecule has 384 valence electrons. The fourth-order valence-electron chi connectivity index (χ4n) is 12.8. The van der Waals surface area contributed by atoms with Crippen LogP contribution in [0.5, 0.6) is 0 Å². The molecule has 3 aliphatic carbocycles. The average Bonchev–Trinajstić information content (AvgIpc) is 3.33. The molecule has 0 aromatic heterocycles. The SMILES string of the molecule is CC1=C2[C@@H](O)C(=O)[C@]3(C)[C@@H](O[Si](c4ccccc4)(c4ccccc4)C(C)(C)C)C[C@H]4OC[C@@]4(C)[C@H]3[C@H](OC(=O)c3ccccc3)[C@](O)(C[C@@H]1OC(=O)[C@H](C)[C@@H](NC(=O)OC(C)(C)C)c1ccccc1)C2(C)C. The van der Waals surface area contributed by atoms with Crippen molar-refractivity contribution in [2.45, 2.75) is 149 Å². The molecule has 4 aromatic carbocycles. The molecule has 1 saturated heterocycles. The van der Waals surface area contributed by atoms with Gasteiger partial charge < -0.3 is 38.9 Å². The lowest BCUT2D eigenvalue weighted by Gasteiger charge is -2.69. The van der Waals surface area contributed by atoms with Gasteiger partial charge in [0.2, 0.25) is 0 Å². The summed E-state index contributed by atoms with van der Waals surface area (Å²) in [6, 6.07) is 36.9. The van der Waals surface area contributed by atoms with Crippen LogP contribution in [0.1, 0.15) is 118 Å². The van der Waals surface area contributed by atoms with E-state index in [1.807, 2.05) is 56.3 Å². The van der Waals surface area contributed by atoms with E-state index in [0.717, 1.165) is 10.4 Å². The third-order valence-corrected chi connectivity index (χ3v) is 21.8. The van der Waals surface area contributed by atoms with Crippen LogP contribution in [-0.4, -0.2) is 90.7 Å². The van der Waals surface area contributed by atoms with Gasteiger partial charge in [-0.1, -0.05) is 151 Å². The molecular formula is C59H73NO11Si. The van der Waals surface area contributed by atoms with Crippen molar-refractivity contribution in [1.82, 2.24) is 5.32 Å². The van der Waals surface area contributed by atoms with Crippen LogP contribution in [0.15, 0.2) is 132 Å². The first-order chi connectivity index (χ1) is 33.7. The van der Waals surface area contributed by atoms with Gasteiger partial charge in [0.1, 0.15) is 29.5 Å². The average molecular weight is 1000 g/mol. The molecule has 2 saturated carbocycles. The number of nitrogens with one attached hydrogen (secondary N) is 1. The van der Waals surface area contributed by atoms with Gasteiger partial charge in [-0.25, -0.2) is 9.59 Å². The van der Waals surface area contributed by atoms with E-state index in [2.05, 4.69) is 50.4 Å². The minimum absolute atomic E-state index is 0.167. The molecule has 3 fully saturated rings. The van der Waals surface area contributed by atoms with Crippen LogP contribution in [0.25, 0.3) is 0 Å². The van der Waals surface area contributed by atoms with Gasteiger partial charge in [-0.3, -0.25) is 9.59 Å². The number of Topliss-reactive ketones (excluding diaryl/α,β-unsaturated/α-hetero) is 1. The van der Waals surface area contributed by atoms with Crippen LogP contribution in [0.2, 0.25) is 5.04 Å². The maximum absolute atomic E-state index is 16.3. The second kappa shape index (κ2) is 19.1. The van der Waals surface area contributed by atoms with Crippen molar-refractivity contribution in [2.24, 2.45) is 28.1 Å². The number of rotatable bonds is 11. The number of fused-ring (bicyclic) bond motifs is 5. The number of aliphatic hydroxyl groups excluding tert-OH is 1. The van der Waals surface area contributed by atoms with Gasteiger partial charge in [0.25, 0.3) is 8.32 Å². The van der Waals surface area contributed by atoms with Crippen LogP contribution in [0.3, 0.4) is 0 Å². The number of aliphatic hydroxyl groups is 2. The largest absolute Gasteiger partial charge is 0.457 e. The van der Waals surface area contributed by atoms with Crippen molar-refractivity contribution in [2.75, 3.05) is 6.61 Å². The summed E-state index contributed by atoms with van der Waals surface area (Å²) >= 11 is 0. The first-order valence-electron chi connectivity index (χ1n) is 25.3. The highest BCUT2D eigenvalue weighted by Gasteiger charge is 2.76. The minimum atomic E-state index is -3.45. The molecule has 4 aliphatic rings. The summed E-state index contributed by atoms with van der Waals surface area (Å²) in [5.41, 5.74) is -5.50. The molecule has 72 heavy (non-hydrogen) atoms. The molecule has 3 N–H and O–H groups in total. The zero-order valence-corrected chi connectivity index (χ0v) is 44.9. The maximum atomic E-state index is 16.3. The predicted molar refractivity (Wildman–Crippen MR) is 277 cm³/mol. The van der Waals surface area contributed by atoms with Crippen LogP contribution in [-0.2, 0) is 33.0 Å². The Kier molecular flexibility index (Phi) is 14.0. The van der Waals surface area contributed by atoms with E-state index >= 15 is 4.79 Å². The lowest BCUT2D eigenvalue weighted by Crippen LogP contribution is -2.79. The van der Waals surface area contributed by atoms with Gasteiger partial charge in [-0.05, 0) is 85.8 Å². The molecule has 1 aliphatic heterocycles. The molecule has 12 nitrogen and oxygen atoms in total. The number of hydrogen-bond acceptors (Lipinski definition) is 11. The summed E-state index contributed by atoms with van der Waals surface area (Å²) in [5, 5.41) is 31.6. The van der Waals surface area contributed by atoms with E-state index in [1.165, 1.54) is 0 Å². The number of amides is 1. The van der Waals surface area contributed by atoms with Gasteiger partial charge in [-0.2, -0.15) is 0 Å². The van der Waals surface area contributed by atoms with E-state index in [9.17, 15) is 24.6 Å². The molecule has 0 radical (unpaired) electrons. The summed E-state index contributed by atoms with van der Waals surface area (Å²) in [6.07, 6.45) is -6.65. The van der Waals surface area contributed by atoms with E-state index in [-0.39, 0.29) is 30.6 Å². The normalized spacial score (nSPS) is 29.9. The molecule has 1 heterocycles. The minimum Gasteiger partial charge on any atom is -0.457 e. The molecule has 1 amide bonds.